The van der Waals surface area contributed by atoms with Gasteiger partial charge < -0.3 is 34.5 Å². The second-order valence-corrected chi connectivity index (χ2v) is 9.94. The molecule has 0 spiro atoms. The summed E-state index contributed by atoms with van der Waals surface area (Å²) in [5.74, 6) is 1.04. The molecule has 0 unspecified atom stereocenters. The topological polar surface area (TPSA) is 123 Å². The highest BCUT2D eigenvalue weighted by Gasteiger charge is 2.27. The molecule has 1 amide bonds. The average Bonchev–Trinajstić information content (AvgIpc) is 3.18. The fourth-order valence-electron chi connectivity index (χ4n) is 5.30. The predicted octanol–water partition coefficient (Wildman–Crippen LogP) is 5.33. The second-order valence-electron chi connectivity index (χ2n) is 9.94. The lowest BCUT2D eigenvalue weighted by Gasteiger charge is -2.24. The number of nitrogens with zero attached hydrogens (tertiary/aromatic N) is 2. The number of carbonyl (C=O) groups is 2. The van der Waals surface area contributed by atoms with E-state index in [4.69, 9.17) is 14.3 Å². The van der Waals surface area contributed by atoms with Gasteiger partial charge in [0.2, 0.25) is 0 Å². The van der Waals surface area contributed by atoms with Gasteiger partial charge in [-0.15, -0.1) is 0 Å². The van der Waals surface area contributed by atoms with Gasteiger partial charge >= 0.3 is 0 Å². The fraction of sp³-hybridized carbons (Fsp3) is 0.324. The number of ether oxygens (including phenoxy) is 3. The molecule has 10 nitrogen and oxygen atoms in total. The number of aromatic hydroxyl groups is 1. The minimum absolute atomic E-state index is 0.0499. The Kier molecular flexibility index (Phi) is 12.6. The van der Waals surface area contributed by atoms with Crippen molar-refractivity contribution in [2.75, 3.05) is 34.4 Å². The van der Waals surface area contributed by atoms with Crippen molar-refractivity contribution in [3.8, 4) is 16.9 Å². The van der Waals surface area contributed by atoms with Gasteiger partial charge in [0.15, 0.2) is 5.76 Å². The monoisotopic (exact) mass is 602 g/mol. The van der Waals surface area contributed by atoms with Gasteiger partial charge in [0.25, 0.3) is 12.4 Å². The predicted molar refractivity (Wildman–Crippen MR) is 173 cm³/mol. The van der Waals surface area contributed by atoms with E-state index < -0.39 is 0 Å². The smallest absolute Gasteiger partial charge is 0.292 e. The van der Waals surface area contributed by atoms with Crippen molar-refractivity contribution in [1.29, 1.82) is 0 Å². The number of aromatic nitrogens is 1. The summed E-state index contributed by atoms with van der Waals surface area (Å²) in [5.41, 5.74) is 7.92. The van der Waals surface area contributed by atoms with Gasteiger partial charge in [0.05, 0.1) is 32.6 Å². The summed E-state index contributed by atoms with van der Waals surface area (Å²) in [5, 5.41) is 16.7. The maximum Gasteiger partial charge on any atom is 0.292 e. The molecule has 3 heterocycles. The van der Waals surface area contributed by atoms with Gasteiger partial charge in [-0.1, -0.05) is 24.3 Å². The van der Waals surface area contributed by atoms with Gasteiger partial charge in [-0.25, -0.2) is 4.99 Å². The molecule has 0 fully saturated rings. The minimum Gasteiger partial charge on any atom is -0.507 e. The summed E-state index contributed by atoms with van der Waals surface area (Å²) in [7, 11) is 4.55. The van der Waals surface area contributed by atoms with Crippen LogP contribution >= 0.6 is 0 Å². The van der Waals surface area contributed by atoms with Crippen molar-refractivity contribution in [2.24, 2.45) is 4.99 Å². The van der Waals surface area contributed by atoms with E-state index in [1.54, 1.807) is 32.6 Å². The number of benzene rings is 1. The summed E-state index contributed by atoms with van der Waals surface area (Å²) in [6.07, 6.45) is 15.1. The van der Waals surface area contributed by atoms with Crippen LogP contribution in [0.5, 0.6) is 5.75 Å². The number of amides is 1. The Morgan fingerprint density at radius 1 is 1.16 bits per heavy atom. The zero-order chi connectivity index (χ0) is 32.1. The maximum absolute atomic E-state index is 13.0. The fourth-order valence-corrected chi connectivity index (χ4v) is 5.30. The highest BCUT2D eigenvalue weighted by Crippen LogP contribution is 2.42. The van der Waals surface area contributed by atoms with Crippen molar-refractivity contribution >= 4 is 24.2 Å². The number of phenols is 1. The van der Waals surface area contributed by atoms with Crippen LogP contribution in [0.15, 0.2) is 77.0 Å². The Balaban J connectivity index is 0.00000124. The number of hydrogen-bond donors (Lipinski definition) is 3. The standard InChI is InChI=1S/C32H38N4O4.C2H4O2/c1-6-26-23(18-25(40-5)20-39-4)13-17-36-22(3)30(21(2)31(26)36)24-11-12-28(37)27(19-24)32(38)35-16-15-34-29-10-8-7-9-14-33-29;1-4-2-3/h6-8,10-12,14,18-20,34,37H,9,13,15-17H2,1-5H3,(H,35,38);2H,1H3/b23-18-,25-20-,26-6+;. The van der Waals surface area contributed by atoms with Crippen LogP contribution in [0.3, 0.4) is 0 Å². The van der Waals surface area contributed by atoms with Crippen molar-refractivity contribution in [3.05, 3.63) is 94.5 Å². The van der Waals surface area contributed by atoms with Crippen molar-refractivity contribution in [1.82, 2.24) is 15.2 Å². The number of rotatable bonds is 10. The van der Waals surface area contributed by atoms with Crippen LogP contribution in [0.2, 0.25) is 0 Å². The molecule has 0 bridgehead atoms. The first kappa shape index (κ1) is 33.5. The molecule has 0 aliphatic carbocycles. The molecule has 4 rings (SSSR count). The van der Waals surface area contributed by atoms with Crippen LogP contribution in [-0.2, 0) is 25.5 Å². The third kappa shape index (κ3) is 8.09. The molecule has 2 aromatic rings. The molecule has 234 valence electrons. The van der Waals surface area contributed by atoms with Crippen LogP contribution in [0.4, 0.5) is 0 Å². The molecule has 0 saturated carbocycles. The molecule has 44 heavy (non-hydrogen) atoms. The normalized spacial score (nSPS) is 15.9. The summed E-state index contributed by atoms with van der Waals surface area (Å²) in [6, 6.07) is 5.24. The number of nitrogens with one attached hydrogen (secondary N) is 2. The molecule has 0 atom stereocenters. The SMILES string of the molecule is COC=O.C\C=C1/C(=C\C(=C\OC)OC)CCn2c(C)c(-c3ccc(O)c(C(=O)NCCNC4=CC=CCC=N4)c3)c(C)c21. The molecular weight excluding hydrogens is 560 g/mol. The Morgan fingerprint density at radius 2 is 1.93 bits per heavy atom. The van der Waals surface area contributed by atoms with Gasteiger partial charge in [0, 0.05) is 43.5 Å². The number of methoxy groups -OCH3 is 3. The van der Waals surface area contributed by atoms with Crippen LogP contribution in [0, 0.1) is 13.8 Å². The van der Waals surface area contributed by atoms with Gasteiger partial charge in [-0.05, 0) is 73.7 Å². The number of aliphatic imine (C=N–C) groups is 1. The van der Waals surface area contributed by atoms with Crippen LogP contribution < -0.4 is 10.6 Å². The van der Waals surface area contributed by atoms with Crippen molar-refractivity contribution in [3.63, 3.8) is 0 Å². The number of allylic oxidation sites excluding steroid dienone is 7. The third-order valence-corrected chi connectivity index (χ3v) is 7.25. The quantitative estimate of drug-likeness (QED) is 0.191. The number of phenolic OH excluding ortho intramolecular Hbond substituents is 1. The first-order valence-electron chi connectivity index (χ1n) is 14.4. The largest absolute Gasteiger partial charge is 0.507 e. The molecule has 2 aliphatic rings. The van der Waals surface area contributed by atoms with E-state index in [9.17, 15) is 9.90 Å². The lowest BCUT2D eigenvalue weighted by atomic mass is 9.92. The third-order valence-electron chi connectivity index (χ3n) is 7.25. The molecule has 3 N–H and O–H groups in total. The second kappa shape index (κ2) is 16.6. The van der Waals surface area contributed by atoms with Gasteiger partial charge in [-0.2, -0.15) is 0 Å². The highest BCUT2D eigenvalue weighted by molar-refractivity contribution is 5.98. The first-order chi connectivity index (χ1) is 21.3. The number of carbonyl (C=O) groups excluding carboxylic acids is 2. The Bertz CT molecular complexity index is 1520. The van der Waals surface area contributed by atoms with Crippen LogP contribution in [0.1, 0.15) is 47.1 Å². The molecular formula is C34H42N4O6. The number of hydrogen-bond acceptors (Lipinski definition) is 8. The lowest BCUT2D eigenvalue weighted by Crippen LogP contribution is -2.31. The lowest BCUT2D eigenvalue weighted by molar-refractivity contribution is -0.126. The van der Waals surface area contributed by atoms with E-state index in [0.29, 0.717) is 25.3 Å². The van der Waals surface area contributed by atoms with Crippen molar-refractivity contribution < 1.29 is 28.9 Å². The van der Waals surface area contributed by atoms with Crippen molar-refractivity contribution in [2.45, 2.75) is 40.2 Å². The van der Waals surface area contributed by atoms with E-state index >= 15 is 0 Å². The van der Waals surface area contributed by atoms with E-state index in [0.717, 1.165) is 58.9 Å². The minimum atomic E-state index is -0.324. The zero-order valence-corrected chi connectivity index (χ0v) is 26.3. The van der Waals surface area contributed by atoms with E-state index in [1.807, 2.05) is 43.5 Å². The molecule has 0 saturated heterocycles. The van der Waals surface area contributed by atoms with Crippen LogP contribution in [0.25, 0.3) is 16.7 Å². The van der Waals surface area contributed by atoms with Gasteiger partial charge in [-0.3, -0.25) is 9.59 Å². The Labute approximate surface area is 259 Å². The maximum atomic E-state index is 13.0. The molecule has 0 radical (unpaired) electrons. The highest BCUT2D eigenvalue weighted by atomic mass is 16.5. The van der Waals surface area contributed by atoms with Gasteiger partial charge in [0.1, 0.15) is 17.8 Å². The van der Waals surface area contributed by atoms with Crippen LogP contribution in [-0.4, -0.2) is 62.7 Å². The van der Waals surface area contributed by atoms with E-state index in [-0.39, 0.29) is 17.2 Å². The first-order valence-corrected chi connectivity index (χ1v) is 14.4. The summed E-state index contributed by atoms with van der Waals surface area (Å²) in [6.45, 7) is 8.36. The Morgan fingerprint density at radius 3 is 2.61 bits per heavy atom. The van der Waals surface area contributed by atoms with E-state index in [2.05, 4.69) is 44.9 Å². The average molecular weight is 603 g/mol. The summed E-state index contributed by atoms with van der Waals surface area (Å²) >= 11 is 0. The zero-order valence-electron chi connectivity index (χ0n) is 26.3. The summed E-state index contributed by atoms with van der Waals surface area (Å²) in [4.78, 5) is 26.3. The Hall–Kier alpha value is -4.99. The molecule has 2 aliphatic heterocycles. The van der Waals surface area contributed by atoms with E-state index in [1.165, 1.54) is 12.7 Å². The summed E-state index contributed by atoms with van der Waals surface area (Å²) < 4.78 is 16.8. The molecule has 10 heteroatoms. The molecule has 1 aromatic heterocycles. The molecule has 1 aromatic carbocycles. The number of fused-ring (bicyclic) bond motifs is 1.